The summed E-state index contributed by atoms with van der Waals surface area (Å²) in [4.78, 5) is 15.4. The van der Waals surface area contributed by atoms with Crippen molar-refractivity contribution in [2.45, 2.75) is 70.9 Å². The number of esters is 1. The van der Waals surface area contributed by atoms with E-state index in [1.54, 1.807) is 0 Å². The Labute approximate surface area is 195 Å². The van der Waals surface area contributed by atoms with Gasteiger partial charge in [0.05, 0.1) is 19.1 Å². The van der Waals surface area contributed by atoms with E-state index in [2.05, 4.69) is 99.4 Å². The van der Waals surface area contributed by atoms with Gasteiger partial charge in [-0.2, -0.15) is 0 Å². The van der Waals surface area contributed by atoms with Gasteiger partial charge in [0.1, 0.15) is 0 Å². The molecule has 5 heteroatoms. The Kier molecular flexibility index (Phi) is 7.64. The van der Waals surface area contributed by atoms with E-state index in [9.17, 15) is 4.79 Å². The van der Waals surface area contributed by atoms with E-state index < -0.39 is 13.7 Å². The summed E-state index contributed by atoms with van der Waals surface area (Å²) in [5.41, 5.74) is 2.04. The zero-order chi connectivity index (χ0) is 23.4. The number of hydrogen-bond acceptors (Lipinski definition) is 4. The average molecular weight is 454 g/mol. The highest BCUT2D eigenvalue weighted by Gasteiger charge is 2.54. The van der Waals surface area contributed by atoms with Crippen molar-refractivity contribution in [2.24, 2.45) is 5.41 Å². The molecule has 0 bridgehead atoms. The molecule has 0 aliphatic heterocycles. The Morgan fingerprint density at radius 2 is 1.44 bits per heavy atom. The van der Waals surface area contributed by atoms with Gasteiger partial charge in [0.25, 0.3) is 0 Å². The number of carbonyl (C=O) groups excluding carboxylic acids is 1. The fourth-order valence-corrected chi connectivity index (χ4v) is 5.22. The van der Waals surface area contributed by atoms with Gasteiger partial charge in [-0.1, -0.05) is 81.4 Å². The van der Waals surface area contributed by atoms with E-state index in [1.807, 2.05) is 0 Å². The van der Waals surface area contributed by atoms with Crippen molar-refractivity contribution < 1.29 is 14.0 Å². The number of benzene rings is 2. The number of methoxy groups -OCH3 is 1. The minimum Gasteiger partial charge on any atom is -0.469 e. The average Bonchev–Trinajstić information content (AvgIpc) is 2.73. The molecule has 0 unspecified atom stereocenters. The molecule has 4 nitrogen and oxygen atoms in total. The second kappa shape index (κ2) is 9.90. The van der Waals surface area contributed by atoms with E-state index >= 15 is 0 Å². The van der Waals surface area contributed by atoms with Gasteiger partial charge >= 0.3 is 5.97 Å². The zero-order valence-electron chi connectivity index (χ0n) is 20.6. The number of nitrogens with zero attached hydrogens (tertiary/aromatic N) is 1. The molecule has 0 N–H and O–H groups in total. The van der Waals surface area contributed by atoms with E-state index in [-0.39, 0.29) is 11.0 Å². The van der Waals surface area contributed by atoms with Crippen LogP contribution in [-0.2, 0) is 27.0 Å². The molecule has 32 heavy (non-hydrogen) atoms. The SMILES string of the molecule is COC(=O)C1(CO[Si](C)(C)C(C)(C)C)CC(N(Cc2ccccc2)Cc2ccccc2)C1. The molecule has 0 radical (unpaired) electrons. The largest absolute Gasteiger partial charge is 0.469 e. The summed E-state index contributed by atoms with van der Waals surface area (Å²) in [5.74, 6) is -0.133. The van der Waals surface area contributed by atoms with Gasteiger partial charge in [-0.3, -0.25) is 9.69 Å². The van der Waals surface area contributed by atoms with Crippen molar-refractivity contribution in [1.82, 2.24) is 4.90 Å². The number of hydrogen-bond donors (Lipinski definition) is 0. The summed E-state index contributed by atoms with van der Waals surface area (Å²) >= 11 is 0. The first-order valence-corrected chi connectivity index (χ1v) is 14.5. The van der Waals surface area contributed by atoms with Crippen LogP contribution in [-0.4, -0.2) is 38.9 Å². The Balaban J connectivity index is 1.75. The topological polar surface area (TPSA) is 38.8 Å². The highest BCUT2D eigenvalue weighted by atomic mass is 28.4. The molecular formula is C27H39NO3Si. The summed E-state index contributed by atoms with van der Waals surface area (Å²) in [6.45, 7) is 13.4. The Morgan fingerprint density at radius 3 is 1.84 bits per heavy atom. The first kappa shape index (κ1) is 24.7. The maximum atomic E-state index is 12.9. The van der Waals surface area contributed by atoms with Crippen molar-refractivity contribution in [1.29, 1.82) is 0 Å². The van der Waals surface area contributed by atoms with Crippen LogP contribution in [0.2, 0.25) is 18.1 Å². The third-order valence-corrected chi connectivity index (χ3v) is 11.8. The van der Waals surface area contributed by atoms with Crippen LogP contribution in [0.25, 0.3) is 0 Å². The maximum Gasteiger partial charge on any atom is 0.314 e. The molecule has 1 fully saturated rings. The van der Waals surface area contributed by atoms with E-state index in [0.717, 1.165) is 25.9 Å². The fraction of sp³-hybridized carbons (Fsp3) is 0.519. The Hall–Kier alpha value is -1.95. The van der Waals surface area contributed by atoms with E-state index in [4.69, 9.17) is 9.16 Å². The molecule has 0 aromatic heterocycles. The molecule has 1 aliphatic carbocycles. The normalized spacial score (nSPS) is 21.3. The zero-order valence-corrected chi connectivity index (χ0v) is 21.6. The van der Waals surface area contributed by atoms with Crippen LogP contribution in [0.4, 0.5) is 0 Å². The molecule has 0 spiro atoms. The van der Waals surface area contributed by atoms with E-state index in [0.29, 0.717) is 12.6 Å². The van der Waals surface area contributed by atoms with Crippen molar-refractivity contribution in [3.63, 3.8) is 0 Å². The second-order valence-electron chi connectivity index (χ2n) is 10.8. The number of rotatable bonds is 9. The van der Waals surface area contributed by atoms with Gasteiger partial charge in [-0.25, -0.2) is 0 Å². The van der Waals surface area contributed by atoms with Gasteiger partial charge < -0.3 is 9.16 Å². The summed E-state index contributed by atoms with van der Waals surface area (Å²) in [7, 11) is -0.453. The smallest absolute Gasteiger partial charge is 0.314 e. The van der Waals surface area contributed by atoms with Gasteiger partial charge in [0.2, 0.25) is 0 Å². The lowest BCUT2D eigenvalue weighted by molar-refractivity contribution is -0.168. The molecule has 174 valence electrons. The molecule has 0 amide bonds. The summed E-state index contributed by atoms with van der Waals surface area (Å²) in [6.07, 6.45) is 1.54. The van der Waals surface area contributed by atoms with Gasteiger partial charge in [-0.15, -0.1) is 0 Å². The molecule has 0 atom stereocenters. The highest BCUT2D eigenvalue weighted by molar-refractivity contribution is 6.74. The summed E-state index contributed by atoms with van der Waals surface area (Å²) < 4.78 is 11.8. The Morgan fingerprint density at radius 1 is 0.969 bits per heavy atom. The van der Waals surface area contributed by atoms with E-state index in [1.165, 1.54) is 18.2 Å². The lowest BCUT2D eigenvalue weighted by atomic mass is 9.65. The highest BCUT2D eigenvalue weighted by Crippen LogP contribution is 2.47. The van der Waals surface area contributed by atoms with Gasteiger partial charge in [0, 0.05) is 19.1 Å². The van der Waals surface area contributed by atoms with Crippen LogP contribution >= 0.6 is 0 Å². The predicted molar refractivity (Wildman–Crippen MR) is 133 cm³/mol. The summed E-state index contributed by atoms with van der Waals surface area (Å²) in [6, 6.07) is 21.4. The Bertz CT molecular complexity index is 829. The molecule has 2 aromatic carbocycles. The lowest BCUT2D eigenvalue weighted by Gasteiger charge is -2.51. The van der Waals surface area contributed by atoms with Crippen LogP contribution in [0.3, 0.4) is 0 Å². The summed E-state index contributed by atoms with van der Waals surface area (Å²) in [5, 5.41) is 0.111. The lowest BCUT2D eigenvalue weighted by Crippen LogP contribution is -2.58. The van der Waals surface area contributed by atoms with Crippen molar-refractivity contribution in [3.8, 4) is 0 Å². The molecular weight excluding hydrogens is 414 g/mol. The second-order valence-corrected chi connectivity index (χ2v) is 15.6. The van der Waals surface area contributed by atoms with Crippen LogP contribution < -0.4 is 0 Å². The van der Waals surface area contributed by atoms with Gasteiger partial charge in [-0.05, 0) is 42.1 Å². The first-order chi connectivity index (χ1) is 15.1. The molecule has 2 aromatic rings. The molecule has 1 saturated carbocycles. The number of ether oxygens (including phenoxy) is 1. The number of carbonyl (C=O) groups is 1. The van der Waals surface area contributed by atoms with Gasteiger partial charge in [0.15, 0.2) is 8.32 Å². The van der Waals surface area contributed by atoms with Crippen molar-refractivity contribution in [3.05, 3.63) is 71.8 Å². The standard InChI is InChI=1S/C27H39NO3Si/c1-26(2,3)32(5,6)31-21-27(25(29)30-4)17-24(18-27)28(19-22-13-9-7-10-14-22)20-23-15-11-8-12-16-23/h7-16,24H,17-21H2,1-6H3. The van der Waals surface area contributed by atoms with Crippen molar-refractivity contribution in [2.75, 3.05) is 13.7 Å². The predicted octanol–water partition coefficient (Wildman–Crippen LogP) is 6.03. The minimum absolute atomic E-state index is 0.111. The van der Waals surface area contributed by atoms with Crippen LogP contribution in [0.5, 0.6) is 0 Å². The first-order valence-electron chi connectivity index (χ1n) is 11.6. The maximum absolute atomic E-state index is 12.9. The fourth-order valence-electron chi connectivity index (χ4n) is 4.15. The van der Waals surface area contributed by atoms with Crippen molar-refractivity contribution >= 4 is 14.3 Å². The van der Waals surface area contributed by atoms with Crippen LogP contribution in [0.15, 0.2) is 60.7 Å². The van der Waals surface area contributed by atoms with Crippen LogP contribution in [0.1, 0.15) is 44.7 Å². The molecule has 0 heterocycles. The monoisotopic (exact) mass is 453 g/mol. The minimum atomic E-state index is -1.95. The molecule has 3 rings (SSSR count). The van der Waals surface area contributed by atoms with Crippen LogP contribution in [0, 0.1) is 5.41 Å². The molecule has 1 aliphatic rings. The third-order valence-electron chi connectivity index (χ3n) is 7.36. The third kappa shape index (κ3) is 5.69. The molecule has 0 saturated heterocycles. The quantitative estimate of drug-likeness (QED) is 0.343.